The number of nitrogens with zero attached hydrogens (tertiary/aromatic N) is 1. The number of hydrogen-bond donors (Lipinski definition) is 1. The second-order valence-corrected chi connectivity index (χ2v) is 8.68. The van der Waals surface area contributed by atoms with Gasteiger partial charge in [-0.25, -0.2) is 0 Å². The minimum atomic E-state index is -0.482. The molecule has 0 aliphatic heterocycles. The first kappa shape index (κ1) is 24.8. The van der Waals surface area contributed by atoms with E-state index in [2.05, 4.69) is 24.3 Å². The molecule has 6 nitrogen and oxygen atoms in total. The van der Waals surface area contributed by atoms with Crippen molar-refractivity contribution in [1.29, 1.82) is 0 Å². The van der Waals surface area contributed by atoms with Crippen LogP contribution in [-0.2, 0) is 6.61 Å². The molecule has 1 fully saturated rings. The van der Waals surface area contributed by atoms with Crippen molar-refractivity contribution >= 4 is 5.91 Å². The van der Waals surface area contributed by atoms with Crippen LogP contribution < -0.4 is 19.5 Å². The third-order valence-corrected chi connectivity index (χ3v) is 6.33. The molecule has 180 valence electrons. The van der Waals surface area contributed by atoms with Gasteiger partial charge in [0, 0.05) is 24.1 Å². The fraction of sp³-hybridized carbons (Fsp3) is 0.500. The van der Waals surface area contributed by atoms with Crippen LogP contribution in [0.3, 0.4) is 0 Å². The molecular formula is C26H35FN2O4. The van der Waals surface area contributed by atoms with Gasteiger partial charge in [0.15, 0.2) is 11.5 Å². The fourth-order valence-corrected chi connectivity index (χ4v) is 4.24. The molecule has 1 aliphatic carbocycles. The van der Waals surface area contributed by atoms with Crippen molar-refractivity contribution in [3.8, 4) is 17.2 Å². The Morgan fingerprint density at radius 2 is 1.79 bits per heavy atom. The molecule has 0 saturated heterocycles. The van der Waals surface area contributed by atoms with Gasteiger partial charge in [-0.15, -0.1) is 0 Å². The highest BCUT2D eigenvalue weighted by Crippen LogP contribution is 2.40. The largest absolute Gasteiger partial charge is 0.493 e. The summed E-state index contributed by atoms with van der Waals surface area (Å²) in [6.45, 7) is 0.583. The molecule has 0 unspecified atom stereocenters. The molecule has 0 aromatic heterocycles. The van der Waals surface area contributed by atoms with Gasteiger partial charge >= 0.3 is 0 Å². The van der Waals surface area contributed by atoms with Gasteiger partial charge in [0.25, 0.3) is 5.91 Å². The van der Waals surface area contributed by atoms with E-state index in [0.717, 1.165) is 18.4 Å². The van der Waals surface area contributed by atoms with Crippen molar-refractivity contribution in [2.45, 2.75) is 44.2 Å². The lowest BCUT2D eigenvalue weighted by atomic mass is 9.96. The summed E-state index contributed by atoms with van der Waals surface area (Å²) in [5.41, 5.74) is 1.39. The highest BCUT2D eigenvalue weighted by atomic mass is 18.2. The first-order valence-electron chi connectivity index (χ1n) is 11.5. The molecule has 33 heavy (non-hydrogen) atoms. The minimum Gasteiger partial charge on any atom is -0.493 e. The molecular weight excluding hydrogens is 422 g/mol. The summed E-state index contributed by atoms with van der Waals surface area (Å²) in [6, 6.07) is 13.0. The number of benzene rings is 2. The molecule has 7 heteroatoms. The van der Waals surface area contributed by atoms with E-state index in [1.54, 1.807) is 12.1 Å². The van der Waals surface area contributed by atoms with Gasteiger partial charge in [-0.2, -0.15) is 0 Å². The average molecular weight is 458 g/mol. The molecule has 0 bridgehead atoms. The number of likely N-dealkylation sites (N-methyl/N-ethyl adjacent to an activating group) is 1. The lowest BCUT2D eigenvalue weighted by Gasteiger charge is -2.36. The topological polar surface area (TPSA) is 60.0 Å². The predicted molar refractivity (Wildman–Crippen MR) is 127 cm³/mol. The van der Waals surface area contributed by atoms with Gasteiger partial charge in [0.1, 0.15) is 6.61 Å². The van der Waals surface area contributed by atoms with Crippen molar-refractivity contribution in [1.82, 2.24) is 10.2 Å². The highest BCUT2D eigenvalue weighted by molar-refractivity contribution is 5.95. The van der Waals surface area contributed by atoms with E-state index in [0.29, 0.717) is 36.0 Å². The standard InChI is InChI=1S/C26H35FN2O4/c1-29(2)26(12-7-8-13-26)19-28-25(30)21-16-22(31-3)24(23(17-21)32-15-9-14-27)33-18-20-10-5-4-6-11-20/h4-6,10-11,16-17H,7-9,12-15,18-19H2,1-3H3,(H,28,30)/i27-1. The minimum absolute atomic E-state index is 0.0149. The second-order valence-electron chi connectivity index (χ2n) is 8.68. The predicted octanol–water partition coefficient (Wildman–Crippen LogP) is 4.62. The Morgan fingerprint density at radius 1 is 1.09 bits per heavy atom. The quantitative estimate of drug-likeness (QED) is 0.472. The van der Waals surface area contributed by atoms with E-state index < -0.39 is 6.67 Å². The van der Waals surface area contributed by atoms with Crippen molar-refractivity contribution in [3.63, 3.8) is 0 Å². The summed E-state index contributed by atoms with van der Waals surface area (Å²) >= 11 is 0. The van der Waals surface area contributed by atoms with Gasteiger partial charge in [-0.3, -0.25) is 9.18 Å². The Balaban J connectivity index is 1.80. The zero-order valence-electron chi connectivity index (χ0n) is 19.9. The van der Waals surface area contributed by atoms with Gasteiger partial charge < -0.3 is 24.4 Å². The van der Waals surface area contributed by atoms with Crippen LogP contribution in [0, 0.1) is 0 Å². The van der Waals surface area contributed by atoms with Crippen LogP contribution in [0.25, 0.3) is 0 Å². The number of methoxy groups -OCH3 is 1. The monoisotopic (exact) mass is 457 g/mol. The third-order valence-electron chi connectivity index (χ3n) is 6.33. The summed E-state index contributed by atoms with van der Waals surface area (Å²) in [6.07, 6.45) is 4.72. The normalized spacial score (nSPS) is 14.8. The third kappa shape index (κ3) is 6.38. The molecule has 1 N–H and O–H groups in total. The summed E-state index contributed by atoms with van der Waals surface area (Å²) < 4.78 is 30.0. The van der Waals surface area contributed by atoms with Crippen molar-refractivity contribution in [3.05, 3.63) is 53.6 Å². The van der Waals surface area contributed by atoms with Crippen LogP contribution in [0.2, 0.25) is 0 Å². The van der Waals surface area contributed by atoms with Gasteiger partial charge in [0.2, 0.25) is 5.75 Å². The van der Waals surface area contributed by atoms with E-state index in [1.165, 1.54) is 20.0 Å². The maximum absolute atomic E-state index is 13.1. The van der Waals surface area contributed by atoms with Crippen LogP contribution in [-0.4, -0.2) is 57.4 Å². The Bertz CT molecular complexity index is 899. The van der Waals surface area contributed by atoms with Crippen molar-refractivity contribution < 1.29 is 23.4 Å². The molecule has 0 spiro atoms. The van der Waals surface area contributed by atoms with Crippen LogP contribution in [0.15, 0.2) is 42.5 Å². The number of nitrogens with one attached hydrogen (secondary N) is 1. The number of alkyl halides is 1. The summed E-state index contributed by atoms with van der Waals surface area (Å²) in [5.74, 6) is 0.966. The Kier molecular flexibility index (Phi) is 8.95. The number of carbonyl (C=O) groups is 1. The Hall–Kier alpha value is -2.80. The Morgan fingerprint density at radius 3 is 2.42 bits per heavy atom. The number of halogens is 1. The fourth-order valence-electron chi connectivity index (χ4n) is 4.24. The van der Waals surface area contributed by atoms with Gasteiger partial charge in [-0.05, 0) is 44.6 Å². The molecule has 1 aliphatic rings. The molecule has 0 atom stereocenters. The van der Waals surface area contributed by atoms with E-state index in [-0.39, 0.29) is 24.5 Å². The first-order chi connectivity index (χ1) is 16.0. The highest BCUT2D eigenvalue weighted by Gasteiger charge is 2.36. The van der Waals surface area contributed by atoms with Crippen LogP contribution in [0.1, 0.15) is 48.0 Å². The molecule has 0 radical (unpaired) electrons. The van der Waals surface area contributed by atoms with Crippen LogP contribution >= 0.6 is 0 Å². The summed E-state index contributed by atoms with van der Waals surface area (Å²) in [4.78, 5) is 15.3. The maximum Gasteiger partial charge on any atom is 0.251 e. The van der Waals surface area contributed by atoms with Crippen LogP contribution in [0.4, 0.5) is 4.39 Å². The lowest BCUT2D eigenvalue weighted by molar-refractivity contribution is 0.0899. The number of amides is 1. The average Bonchev–Trinajstić information content (AvgIpc) is 3.32. The molecule has 1 saturated carbocycles. The molecule has 0 heterocycles. The second kappa shape index (κ2) is 11.9. The van der Waals surface area contributed by atoms with Crippen molar-refractivity contribution in [2.24, 2.45) is 0 Å². The molecule has 2 aromatic rings. The van der Waals surface area contributed by atoms with Crippen molar-refractivity contribution in [2.75, 3.05) is 41.0 Å². The van der Waals surface area contributed by atoms with Crippen LogP contribution in [0.5, 0.6) is 17.2 Å². The lowest BCUT2D eigenvalue weighted by Crippen LogP contribution is -2.50. The van der Waals surface area contributed by atoms with E-state index in [4.69, 9.17) is 14.2 Å². The smallest absolute Gasteiger partial charge is 0.251 e. The summed E-state index contributed by atoms with van der Waals surface area (Å²) in [5, 5.41) is 3.09. The van der Waals surface area contributed by atoms with Gasteiger partial charge in [0.05, 0.1) is 20.4 Å². The number of rotatable bonds is 12. The van der Waals surface area contributed by atoms with E-state index in [9.17, 15) is 9.18 Å². The first-order valence-corrected chi connectivity index (χ1v) is 11.5. The number of hydrogen-bond acceptors (Lipinski definition) is 5. The zero-order valence-corrected chi connectivity index (χ0v) is 19.9. The maximum atomic E-state index is 13.1. The van der Waals surface area contributed by atoms with Gasteiger partial charge in [-0.1, -0.05) is 43.2 Å². The molecule has 2 aromatic carbocycles. The number of ether oxygens (including phenoxy) is 3. The number of carbonyl (C=O) groups excluding carboxylic acids is 1. The zero-order chi connectivity index (χ0) is 23.7. The molecule has 1 amide bonds. The summed E-state index contributed by atoms with van der Waals surface area (Å²) in [7, 11) is 5.66. The molecule has 3 rings (SSSR count). The Labute approximate surface area is 196 Å². The van der Waals surface area contributed by atoms with E-state index >= 15 is 0 Å². The van der Waals surface area contributed by atoms with E-state index in [1.807, 2.05) is 30.3 Å². The SMILES string of the molecule is COc1cc(C(=O)NCC2(N(C)C)CCCC2)cc(OCCC[18F])c1OCc1ccccc1.